The zero-order chi connectivity index (χ0) is 47.6. The summed E-state index contributed by atoms with van der Waals surface area (Å²) in [6.45, 7) is 6.54. The largest absolute Gasteiger partial charge is 0.496 e. The molecule has 0 spiro atoms. The monoisotopic (exact) mass is 904 g/mol. The number of hydrogen-bond donors (Lipinski definition) is 0. The van der Waals surface area contributed by atoms with Gasteiger partial charge in [-0.3, -0.25) is 0 Å². The van der Waals surface area contributed by atoms with Crippen LogP contribution in [-0.2, 0) is 0 Å². The van der Waals surface area contributed by atoms with Gasteiger partial charge in [-0.1, -0.05) is 146 Å². The van der Waals surface area contributed by atoms with Gasteiger partial charge >= 0.3 is 0 Å². The maximum Gasteiger partial charge on any atom is 0.125 e. The molecule has 3 heteroatoms. The van der Waals surface area contributed by atoms with Gasteiger partial charge in [-0.25, -0.2) is 0 Å². The van der Waals surface area contributed by atoms with Crippen LogP contribution in [0.1, 0.15) is 39.3 Å². The van der Waals surface area contributed by atoms with Crippen molar-refractivity contribution >= 4 is 64.6 Å². The number of rotatable bonds is 9. The molecule has 0 bridgehead atoms. The van der Waals surface area contributed by atoms with E-state index in [2.05, 4.69) is 221 Å². The van der Waals surface area contributed by atoms with Crippen LogP contribution in [0.3, 0.4) is 0 Å². The van der Waals surface area contributed by atoms with E-state index < -0.39 is 5.92 Å². The van der Waals surface area contributed by atoms with Crippen LogP contribution in [0.5, 0.6) is 17.2 Å². The molecule has 0 saturated heterocycles. The molecule has 0 radical (unpaired) electrons. The van der Waals surface area contributed by atoms with Crippen LogP contribution in [0.4, 0.5) is 0 Å². The average molecular weight is 905 g/mol. The van der Waals surface area contributed by atoms with Gasteiger partial charge in [0.1, 0.15) is 17.2 Å². The van der Waals surface area contributed by atoms with Gasteiger partial charge in [-0.15, -0.1) is 0 Å². The van der Waals surface area contributed by atoms with Gasteiger partial charge in [0.25, 0.3) is 0 Å². The second kappa shape index (κ2) is 17.3. The summed E-state index contributed by atoms with van der Waals surface area (Å²) in [7, 11) is 5.41. The van der Waals surface area contributed by atoms with Gasteiger partial charge in [-0.2, -0.15) is 0 Å². The fraction of sp³-hybridized carbons (Fsp3) is 0.104. The summed E-state index contributed by atoms with van der Waals surface area (Å²) in [5.41, 5.74) is 13.1. The highest BCUT2D eigenvalue weighted by atomic mass is 16.5. The third-order valence-electron chi connectivity index (χ3n) is 14.6. The van der Waals surface area contributed by atoms with Crippen molar-refractivity contribution in [2.45, 2.75) is 26.7 Å². The van der Waals surface area contributed by atoms with Crippen LogP contribution in [0.2, 0.25) is 0 Å². The molecule has 12 rings (SSSR count). The number of methoxy groups -OCH3 is 3. The molecule has 0 saturated carbocycles. The third-order valence-corrected chi connectivity index (χ3v) is 14.6. The molecule has 70 heavy (non-hydrogen) atoms. The number of benzene rings is 12. The SMILES string of the molecule is COc1c(C)cc(-c2c3ccccc3cc3ccccc23)cc1C(c1cc(-c2c3ccccc3cc3ccccc23)cc(C)c1OC)c1cc(-c2c3ccccc3cc3ccccc23)cc(C)c1OC. The summed E-state index contributed by atoms with van der Waals surface area (Å²) >= 11 is 0. The third kappa shape index (κ3) is 6.95. The molecule has 0 aliphatic heterocycles. The second-order valence-electron chi connectivity index (χ2n) is 18.8. The van der Waals surface area contributed by atoms with Crippen LogP contribution in [0.25, 0.3) is 98.0 Å². The molecule has 12 aromatic rings. The Morgan fingerprint density at radius 2 is 0.486 bits per heavy atom. The van der Waals surface area contributed by atoms with E-state index in [9.17, 15) is 0 Å². The van der Waals surface area contributed by atoms with E-state index in [1.807, 2.05) is 0 Å². The Labute approximate surface area is 409 Å². The molecule has 0 aromatic heterocycles. The Morgan fingerprint density at radius 3 is 0.700 bits per heavy atom. The molecule has 0 fully saturated rings. The van der Waals surface area contributed by atoms with Gasteiger partial charge in [0.05, 0.1) is 21.3 Å². The molecule has 0 aliphatic carbocycles. The molecule has 0 atom stereocenters. The molecular formula is C67H52O3. The predicted molar refractivity (Wildman–Crippen MR) is 295 cm³/mol. The molecule has 0 N–H and O–H groups in total. The van der Waals surface area contributed by atoms with Crippen molar-refractivity contribution in [3.63, 3.8) is 0 Å². The van der Waals surface area contributed by atoms with Gasteiger partial charge in [-0.05, 0) is 190 Å². The Hall–Kier alpha value is -8.40. The molecule has 338 valence electrons. The molecule has 0 amide bonds. The Bertz CT molecular complexity index is 3490. The van der Waals surface area contributed by atoms with E-state index in [4.69, 9.17) is 14.2 Å². The maximum absolute atomic E-state index is 6.65. The minimum absolute atomic E-state index is 0.445. The number of ether oxygens (including phenoxy) is 3. The molecular weight excluding hydrogens is 853 g/mol. The first-order chi connectivity index (χ1) is 34.3. The van der Waals surface area contributed by atoms with E-state index in [-0.39, 0.29) is 0 Å². The zero-order valence-corrected chi connectivity index (χ0v) is 40.4. The summed E-state index contributed by atoms with van der Waals surface area (Å²) in [6, 6.07) is 73.4. The maximum atomic E-state index is 6.65. The van der Waals surface area contributed by atoms with Crippen molar-refractivity contribution in [1.82, 2.24) is 0 Å². The average Bonchev–Trinajstić information content (AvgIpc) is 3.38. The summed E-state index contributed by atoms with van der Waals surface area (Å²) in [5, 5.41) is 14.4. The second-order valence-corrected chi connectivity index (χ2v) is 18.8. The van der Waals surface area contributed by atoms with E-state index in [1.165, 1.54) is 81.3 Å². The number of aryl methyl sites for hydroxylation is 3. The zero-order valence-electron chi connectivity index (χ0n) is 40.4. The first-order valence-electron chi connectivity index (χ1n) is 24.1. The Kier molecular flexibility index (Phi) is 10.6. The highest BCUT2D eigenvalue weighted by Gasteiger charge is 2.32. The first kappa shape index (κ1) is 42.9. The highest BCUT2D eigenvalue weighted by Crippen LogP contribution is 2.52. The number of hydrogen-bond acceptors (Lipinski definition) is 3. The van der Waals surface area contributed by atoms with Crippen molar-refractivity contribution in [3.05, 3.63) is 234 Å². The van der Waals surface area contributed by atoms with Crippen molar-refractivity contribution < 1.29 is 14.2 Å². The minimum atomic E-state index is -0.445. The lowest BCUT2D eigenvalue weighted by Crippen LogP contribution is -2.12. The Morgan fingerprint density at radius 1 is 0.271 bits per heavy atom. The Balaban J connectivity index is 1.23. The first-order valence-corrected chi connectivity index (χ1v) is 24.1. The molecule has 0 heterocycles. The van der Waals surface area contributed by atoms with Crippen molar-refractivity contribution in [3.8, 4) is 50.6 Å². The lowest BCUT2D eigenvalue weighted by atomic mass is 9.77. The van der Waals surface area contributed by atoms with Crippen LogP contribution in [-0.4, -0.2) is 21.3 Å². The highest BCUT2D eigenvalue weighted by molar-refractivity contribution is 6.15. The van der Waals surface area contributed by atoms with E-state index in [0.717, 1.165) is 67.3 Å². The van der Waals surface area contributed by atoms with E-state index in [1.54, 1.807) is 21.3 Å². The van der Waals surface area contributed by atoms with Crippen LogP contribution >= 0.6 is 0 Å². The summed E-state index contributed by atoms with van der Waals surface area (Å²) in [6.07, 6.45) is 0. The van der Waals surface area contributed by atoms with Crippen molar-refractivity contribution in [2.24, 2.45) is 0 Å². The summed E-state index contributed by atoms with van der Waals surface area (Å²) in [4.78, 5) is 0. The smallest absolute Gasteiger partial charge is 0.125 e. The fourth-order valence-electron chi connectivity index (χ4n) is 11.8. The molecule has 12 aromatic carbocycles. The van der Waals surface area contributed by atoms with Crippen LogP contribution in [0, 0.1) is 20.8 Å². The lowest BCUT2D eigenvalue weighted by Gasteiger charge is -2.29. The minimum Gasteiger partial charge on any atom is -0.496 e. The van der Waals surface area contributed by atoms with Crippen molar-refractivity contribution in [1.29, 1.82) is 0 Å². The standard InChI is InChI=1S/C67H52O3/c1-40-31-49(61-52-25-13-7-19-43(52)34-44-20-8-14-26-53(44)61)37-58(65(40)68-4)64(59-38-50(32-41(2)66(59)69-5)62-54-27-15-9-21-45(54)35-46-22-10-16-28-55(46)62)60-39-51(33-42(3)67(60)70-6)63-56-29-17-11-23-47(56)36-48-24-12-18-30-57(48)63/h7-39,64H,1-6H3. The normalized spacial score (nSPS) is 11.7. The van der Waals surface area contributed by atoms with Crippen molar-refractivity contribution in [2.75, 3.05) is 21.3 Å². The van der Waals surface area contributed by atoms with Gasteiger partial charge in [0.15, 0.2) is 0 Å². The molecule has 3 nitrogen and oxygen atoms in total. The number of fused-ring (bicyclic) bond motifs is 6. The van der Waals surface area contributed by atoms with E-state index in [0.29, 0.717) is 0 Å². The molecule has 0 unspecified atom stereocenters. The predicted octanol–water partition coefficient (Wildman–Crippen LogP) is 17.7. The summed E-state index contributed by atoms with van der Waals surface area (Å²) in [5.74, 6) is 2.01. The van der Waals surface area contributed by atoms with Crippen LogP contribution < -0.4 is 14.2 Å². The topological polar surface area (TPSA) is 27.7 Å². The fourth-order valence-corrected chi connectivity index (χ4v) is 11.8. The van der Waals surface area contributed by atoms with Gasteiger partial charge in [0.2, 0.25) is 0 Å². The van der Waals surface area contributed by atoms with E-state index >= 15 is 0 Å². The lowest BCUT2D eigenvalue weighted by molar-refractivity contribution is 0.393. The van der Waals surface area contributed by atoms with Gasteiger partial charge in [0, 0.05) is 22.6 Å². The molecule has 0 aliphatic rings. The quantitative estimate of drug-likeness (QED) is 0.107. The summed E-state index contributed by atoms with van der Waals surface area (Å²) < 4.78 is 20.0. The van der Waals surface area contributed by atoms with Crippen LogP contribution in [0.15, 0.2) is 200 Å². The van der Waals surface area contributed by atoms with Gasteiger partial charge < -0.3 is 14.2 Å².